The molecule has 34 heavy (non-hydrogen) atoms. The van der Waals surface area contributed by atoms with Gasteiger partial charge in [0, 0.05) is 59.2 Å². The number of ether oxygens (including phenoxy) is 1. The van der Waals surface area contributed by atoms with Gasteiger partial charge in [-0.2, -0.15) is 5.26 Å². The van der Waals surface area contributed by atoms with E-state index in [9.17, 15) is 14.9 Å². The third-order valence-corrected chi connectivity index (χ3v) is 7.08. The molecular formula is C26H35N5O3. The number of anilines is 2. The molecule has 4 rings (SSSR count). The van der Waals surface area contributed by atoms with Crippen molar-refractivity contribution in [1.29, 1.82) is 5.26 Å². The van der Waals surface area contributed by atoms with Gasteiger partial charge in [-0.3, -0.25) is 14.5 Å². The van der Waals surface area contributed by atoms with Gasteiger partial charge < -0.3 is 19.4 Å². The average molecular weight is 466 g/mol. The number of para-hydroxylation sites is 2. The Hall–Kier alpha value is -2.89. The molecule has 8 nitrogen and oxygen atoms in total. The van der Waals surface area contributed by atoms with Crippen molar-refractivity contribution in [2.24, 2.45) is 0 Å². The van der Waals surface area contributed by atoms with E-state index in [0.717, 1.165) is 50.4 Å². The first kappa shape index (κ1) is 24.2. The molecule has 3 heterocycles. The number of carbonyl (C=O) groups is 2. The number of carbonyl (C=O) groups excluding carboxylic acids is 2. The Kier molecular flexibility index (Phi) is 7.24. The summed E-state index contributed by atoms with van der Waals surface area (Å²) in [5, 5.41) is 9.82. The number of nitrogens with zero attached hydrogens (tertiary/aromatic N) is 5. The summed E-state index contributed by atoms with van der Waals surface area (Å²) in [7, 11) is 3.71. The maximum absolute atomic E-state index is 13.1. The van der Waals surface area contributed by atoms with E-state index in [4.69, 9.17) is 4.74 Å². The molecule has 0 spiro atoms. The molecule has 2 fully saturated rings. The lowest BCUT2D eigenvalue weighted by molar-refractivity contribution is -0.134. The summed E-state index contributed by atoms with van der Waals surface area (Å²) in [5.41, 5.74) is 2.00. The van der Waals surface area contributed by atoms with Crippen molar-refractivity contribution in [3.05, 3.63) is 35.7 Å². The lowest BCUT2D eigenvalue weighted by Crippen LogP contribution is -2.50. The molecule has 8 heteroatoms. The van der Waals surface area contributed by atoms with Crippen LogP contribution in [-0.2, 0) is 14.3 Å². The fourth-order valence-corrected chi connectivity index (χ4v) is 5.63. The average Bonchev–Trinajstić information content (AvgIpc) is 3.36. The predicted octanol–water partition coefficient (Wildman–Crippen LogP) is 2.76. The zero-order valence-corrected chi connectivity index (χ0v) is 20.7. The van der Waals surface area contributed by atoms with Crippen molar-refractivity contribution in [1.82, 2.24) is 9.80 Å². The lowest BCUT2D eigenvalue weighted by atomic mass is 10.1. The molecule has 0 aliphatic carbocycles. The van der Waals surface area contributed by atoms with Crippen molar-refractivity contribution in [3.63, 3.8) is 0 Å². The highest BCUT2D eigenvalue weighted by atomic mass is 16.5. The number of benzene rings is 1. The van der Waals surface area contributed by atoms with Crippen molar-refractivity contribution in [2.45, 2.75) is 57.8 Å². The number of amides is 1. The van der Waals surface area contributed by atoms with Gasteiger partial charge in [-0.1, -0.05) is 12.1 Å². The van der Waals surface area contributed by atoms with Gasteiger partial charge in [-0.25, -0.2) is 0 Å². The highest BCUT2D eigenvalue weighted by molar-refractivity contribution is 6.03. The molecule has 3 aliphatic heterocycles. The quantitative estimate of drug-likeness (QED) is 0.472. The molecule has 0 radical (unpaired) electrons. The second kappa shape index (κ2) is 10.2. The van der Waals surface area contributed by atoms with Crippen LogP contribution in [0.4, 0.5) is 11.4 Å². The van der Waals surface area contributed by atoms with Crippen LogP contribution < -0.4 is 9.80 Å². The van der Waals surface area contributed by atoms with E-state index in [-0.39, 0.29) is 48.4 Å². The van der Waals surface area contributed by atoms with Crippen molar-refractivity contribution >= 4 is 23.1 Å². The molecule has 3 unspecified atom stereocenters. The summed E-state index contributed by atoms with van der Waals surface area (Å²) >= 11 is 0. The smallest absolute Gasteiger partial charge is 0.223 e. The Balaban J connectivity index is 1.39. The van der Waals surface area contributed by atoms with Crippen LogP contribution in [0, 0.1) is 11.3 Å². The van der Waals surface area contributed by atoms with E-state index in [1.54, 1.807) is 0 Å². The van der Waals surface area contributed by atoms with E-state index < -0.39 is 0 Å². The Labute approximate surface area is 202 Å². The fourth-order valence-electron chi connectivity index (χ4n) is 5.63. The SMILES string of the molecule is CC1CN(CC2CCCN2C(=O)CCC(=O)C(C#N)=C2N(C)c3ccccc3N2C)CC(C)O1. The van der Waals surface area contributed by atoms with Gasteiger partial charge in [0.05, 0.1) is 23.6 Å². The summed E-state index contributed by atoms with van der Waals surface area (Å²) in [5.74, 6) is 0.281. The molecule has 182 valence electrons. The number of morpholine rings is 1. The van der Waals surface area contributed by atoms with Crippen LogP contribution in [0.25, 0.3) is 0 Å². The second-order valence-electron chi connectivity index (χ2n) is 9.70. The first-order valence-electron chi connectivity index (χ1n) is 12.2. The summed E-state index contributed by atoms with van der Waals surface area (Å²) in [6, 6.07) is 10.1. The lowest BCUT2D eigenvalue weighted by Gasteiger charge is -2.38. The van der Waals surface area contributed by atoms with E-state index in [2.05, 4.69) is 24.8 Å². The molecule has 1 aromatic rings. The molecule has 0 saturated carbocycles. The number of hydrogen-bond acceptors (Lipinski definition) is 7. The van der Waals surface area contributed by atoms with Gasteiger partial charge in [0.25, 0.3) is 0 Å². The summed E-state index contributed by atoms with van der Waals surface area (Å²) in [6.07, 6.45) is 2.54. The number of hydrogen-bond donors (Lipinski definition) is 0. The van der Waals surface area contributed by atoms with Crippen LogP contribution in [0.5, 0.6) is 0 Å². The number of Topliss-reactive ketones (excluding diaryl/α,β-unsaturated/α-hetero) is 1. The van der Waals surface area contributed by atoms with Gasteiger partial charge >= 0.3 is 0 Å². The zero-order chi connectivity index (χ0) is 24.4. The van der Waals surface area contributed by atoms with Crippen LogP contribution >= 0.6 is 0 Å². The Bertz CT molecular complexity index is 975. The molecular weight excluding hydrogens is 430 g/mol. The molecule has 2 saturated heterocycles. The number of allylic oxidation sites excluding steroid dienone is 1. The third kappa shape index (κ3) is 4.82. The van der Waals surface area contributed by atoms with Crippen molar-refractivity contribution in [2.75, 3.05) is 50.1 Å². The van der Waals surface area contributed by atoms with E-state index in [1.807, 2.05) is 53.1 Å². The van der Waals surface area contributed by atoms with Gasteiger partial charge in [0.1, 0.15) is 17.5 Å². The van der Waals surface area contributed by atoms with Gasteiger partial charge in [-0.05, 0) is 38.8 Å². The number of rotatable bonds is 6. The predicted molar refractivity (Wildman–Crippen MR) is 131 cm³/mol. The van der Waals surface area contributed by atoms with Crippen LogP contribution in [0.3, 0.4) is 0 Å². The number of fused-ring (bicyclic) bond motifs is 1. The van der Waals surface area contributed by atoms with Gasteiger partial charge in [-0.15, -0.1) is 0 Å². The molecule has 0 bridgehead atoms. The van der Waals surface area contributed by atoms with Crippen LogP contribution in [0.15, 0.2) is 35.7 Å². The van der Waals surface area contributed by atoms with Gasteiger partial charge in [0.2, 0.25) is 5.91 Å². The first-order valence-corrected chi connectivity index (χ1v) is 12.2. The monoisotopic (exact) mass is 465 g/mol. The maximum atomic E-state index is 13.1. The molecule has 0 aromatic heterocycles. The standard InChI is InChI=1S/C26H35N5O3/c1-18-15-30(16-19(2)34-18)17-20-8-7-13-31(20)25(33)12-11-24(32)21(14-27)26-28(3)22-9-5-6-10-23(22)29(26)4/h5-6,9-10,18-20H,7-8,11-13,15-17H2,1-4H3. The minimum atomic E-state index is -0.288. The molecule has 0 N–H and O–H groups in total. The van der Waals surface area contributed by atoms with Crippen LogP contribution in [0.2, 0.25) is 0 Å². The van der Waals surface area contributed by atoms with Crippen molar-refractivity contribution < 1.29 is 14.3 Å². The van der Waals surface area contributed by atoms with Gasteiger partial charge in [0.15, 0.2) is 5.78 Å². The molecule has 3 aliphatic rings. The Morgan fingerprint density at radius 2 is 1.68 bits per heavy atom. The largest absolute Gasteiger partial charge is 0.373 e. The normalized spacial score (nSPS) is 24.9. The van der Waals surface area contributed by atoms with Crippen molar-refractivity contribution in [3.8, 4) is 6.07 Å². The Morgan fingerprint density at radius 3 is 2.26 bits per heavy atom. The minimum Gasteiger partial charge on any atom is -0.373 e. The number of likely N-dealkylation sites (tertiary alicyclic amines) is 1. The van der Waals surface area contributed by atoms with E-state index in [1.165, 1.54) is 0 Å². The molecule has 3 atom stereocenters. The van der Waals surface area contributed by atoms with E-state index >= 15 is 0 Å². The first-order chi connectivity index (χ1) is 16.3. The molecule has 1 aromatic carbocycles. The van der Waals surface area contributed by atoms with Crippen LogP contribution in [-0.4, -0.2) is 80.0 Å². The van der Waals surface area contributed by atoms with Crippen LogP contribution in [0.1, 0.15) is 39.5 Å². The molecule has 1 amide bonds. The third-order valence-electron chi connectivity index (χ3n) is 7.08. The minimum absolute atomic E-state index is 0.00362. The topological polar surface area (TPSA) is 80.1 Å². The highest BCUT2D eigenvalue weighted by Crippen LogP contribution is 2.40. The Morgan fingerprint density at radius 1 is 1.06 bits per heavy atom. The summed E-state index contributed by atoms with van der Waals surface area (Å²) in [6.45, 7) is 7.52. The zero-order valence-electron chi connectivity index (χ0n) is 20.7. The summed E-state index contributed by atoms with van der Waals surface area (Å²) < 4.78 is 5.83. The number of ketones is 1. The summed E-state index contributed by atoms with van der Waals surface area (Å²) in [4.78, 5) is 34.2. The number of nitriles is 1. The maximum Gasteiger partial charge on any atom is 0.223 e. The fraction of sp³-hybridized carbons (Fsp3) is 0.577. The highest BCUT2D eigenvalue weighted by Gasteiger charge is 2.34. The van der Waals surface area contributed by atoms with E-state index in [0.29, 0.717) is 5.82 Å². The second-order valence-corrected chi connectivity index (χ2v) is 9.70.